The van der Waals surface area contributed by atoms with Crippen molar-refractivity contribution in [1.29, 1.82) is 0 Å². The quantitative estimate of drug-likeness (QED) is 0.807. The van der Waals surface area contributed by atoms with E-state index in [1.807, 2.05) is 0 Å². The van der Waals surface area contributed by atoms with Gasteiger partial charge < -0.3 is 9.84 Å². The highest BCUT2D eigenvalue weighted by molar-refractivity contribution is 7.89. The van der Waals surface area contributed by atoms with Gasteiger partial charge in [0.05, 0.1) is 11.5 Å². The van der Waals surface area contributed by atoms with Crippen molar-refractivity contribution in [2.24, 2.45) is 0 Å². The lowest BCUT2D eigenvalue weighted by Crippen LogP contribution is -2.30. The molecular formula is C12H19NO4S. The Hall–Kier alpha value is -1.11. The summed E-state index contributed by atoms with van der Waals surface area (Å²) in [6.07, 6.45) is 0. The van der Waals surface area contributed by atoms with Gasteiger partial charge in [-0.3, -0.25) is 0 Å². The van der Waals surface area contributed by atoms with E-state index in [0.717, 1.165) is 0 Å². The summed E-state index contributed by atoms with van der Waals surface area (Å²) in [6, 6.07) is 6.21. The maximum Gasteiger partial charge on any atom is 0.243 e. The van der Waals surface area contributed by atoms with Crippen molar-refractivity contribution in [3.63, 3.8) is 0 Å². The number of benzene rings is 1. The summed E-state index contributed by atoms with van der Waals surface area (Å²) in [7, 11) is -3.41. The SMILES string of the molecule is CCN(CC)S(=O)(=O)c1ccc(OCCO)cc1. The molecule has 0 spiro atoms. The Bertz CT molecular complexity index is 451. The molecule has 102 valence electrons. The fraction of sp³-hybridized carbons (Fsp3) is 0.500. The van der Waals surface area contributed by atoms with Gasteiger partial charge in [0.2, 0.25) is 10.0 Å². The molecule has 0 radical (unpaired) electrons. The van der Waals surface area contributed by atoms with Gasteiger partial charge in [-0.2, -0.15) is 4.31 Å². The molecule has 0 amide bonds. The van der Waals surface area contributed by atoms with Crippen LogP contribution in [-0.2, 0) is 10.0 Å². The second-order valence-corrected chi connectivity index (χ2v) is 5.57. The van der Waals surface area contributed by atoms with E-state index in [2.05, 4.69) is 0 Å². The third-order valence-electron chi connectivity index (χ3n) is 2.53. The summed E-state index contributed by atoms with van der Waals surface area (Å²) >= 11 is 0. The van der Waals surface area contributed by atoms with Crippen LogP contribution in [0.5, 0.6) is 5.75 Å². The van der Waals surface area contributed by atoms with Gasteiger partial charge in [-0.25, -0.2) is 8.42 Å². The first-order valence-electron chi connectivity index (χ1n) is 5.90. The summed E-state index contributed by atoms with van der Waals surface area (Å²) in [5.74, 6) is 0.544. The third kappa shape index (κ3) is 3.44. The van der Waals surface area contributed by atoms with Crippen LogP contribution in [0.2, 0.25) is 0 Å². The highest BCUT2D eigenvalue weighted by Crippen LogP contribution is 2.19. The molecule has 0 aliphatic rings. The summed E-state index contributed by atoms with van der Waals surface area (Å²) < 4.78 is 30.9. The summed E-state index contributed by atoms with van der Waals surface area (Å²) in [6.45, 7) is 4.63. The van der Waals surface area contributed by atoms with Crippen LogP contribution in [0.4, 0.5) is 0 Å². The van der Waals surface area contributed by atoms with Crippen molar-refractivity contribution in [3.8, 4) is 5.75 Å². The van der Waals surface area contributed by atoms with Crippen molar-refractivity contribution in [2.75, 3.05) is 26.3 Å². The van der Waals surface area contributed by atoms with Gasteiger partial charge in [-0.1, -0.05) is 13.8 Å². The van der Waals surface area contributed by atoms with Crippen LogP contribution in [0.3, 0.4) is 0 Å². The predicted octanol–water partition coefficient (Wildman–Crippen LogP) is 1.09. The van der Waals surface area contributed by atoms with Crippen molar-refractivity contribution < 1.29 is 18.3 Å². The predicted molar refractivity (Wildman–Crippen MR) is 69.1 cm³/mol. The third-order valence-corrected chi connectivity index (χ3v) is 4.59. The molecule has 0 saturated carbocycles. The zero-order valence-corrected chi connectivity index (χ0v) is 11.5. The van der Waals surface area contributed by atoms with E-state index in [9.17, 15) is 8.42 Å². The Labute approximate surface area is 108 Å². The van der Waals surface area contributed by atoms with Gasteiger partial charge in [0, 0.05) is 13.1 Å². The molecule has 0 fully saturated rings. The number of hydrogen-bond acceptors (Lipinski definition) is 4. The zero-order valence-electron chi connectivity index (χ0n) is 10.7. The molecule has 5 nitrogen and oxygen atoms in total. The van der Waals surface area contributed by atoms with Crippen LogP contribution >= 0.6 is 0 Å². The highest BCUT2D eigenvalue weighted by atomic mass is 32.2. The second-order valence-electron chi connectivity index (χ2n) is 3.63. The maximum absolute atomic E-state index is 12.2. The van der Waals surface area contributed by atoms with E-state index in [1.165, 1.54) is 16.4 Å². The topological polar surface area (TPSA) is 66.8 Å². The molecule has 6 heteroatoms. The number of hydrogen-bond donors (Lipinski definition) is 1. The first kappa shape index (κ1) is 14.9. The Balaban J connectivity index is 2.90. The van der Waals surface area contributed by atoms with Crippen LogP contribution in [0.15, 0.2) is 29.2 Å². The average Bonchev–Trinajstić information content (AvgIpc) is 2.38. The van der Waals surface area contributed by atoms with Gasteiger partial charge in [-0.15, -0.1) is 0 Å². The first-order chi connectivity index (χ1) is 8.56. The standard InChI is InChI=1S/C12H19NO4S/c1-3-13(4-2)18(15,16)12-7-5-11(6-8-12)17-10-9-14/h5-8,14H,3-4,9-10H2,1-2H3. The molecule has 0 saturated heterocycles. The second kappa shape index (κ2) is 6.72. The van der Waals surface area contributed by atoms with E-state index in [1.54, 1.807) is 26.0 Å². The van der Waals surface area contributed by atoms with E-state index in [4.69, 9.17) is 9.84 Å². The van der Waals surface area contributed by atoms with Crippen LogP contribution in [-0.4, -0.2) is 44.1 Å². The fourth-order valence-corrected chi connectivity index (χ4v) is 3.04. The Kier molecular flexibility index (Phi) is 5.58. The van der Waals surface area contributed by atoms with Gasteiger partial charge in [-0.05, 0) is 24.3 Å². The summed E-state index contributed by atoms with van der Waals surface area (Å²) in [5, 5.41) is 8.62. The summed E-state index contributed by atoms with van der Waals surface area (Å²) in [5.41, 5.74) is 0. The van der Waals surface area contributed by atoms with E-state index >= 15 is 0 Å². The van der Waals surface area contributed by atoms with Crippen molar-refractivity contribution in [3.05, 3.63) is 24.3 Å². The van der Waals surface area contributed by atoms with Crippen LogP contribution < -0.4 is 4.74 Å². The molecule has 1 aromatic rings. The van der Waals surface area contributed by atoms with Crippen molar-refractivity contribution >= 4 is 10.0 Å². The van der Waals surface area contributed by atoms with Gasteiger partial charge >= 0.3 is 0 Å². The minimum absolute atomic E-state index is 0.0699. The largest absolute Gasteiger partial charge is 0.491 e. The smallest absolute Gasteiger partial charge is 0.243 e. The maximum atomic E-state index is 12.2. The molecule has 1 rings (SSSR count). The van der Waals surface area contributed by atoms with Crippen molar-refractivity contribution in [2.45, 2.75) is 18.7 Å². The molecule has 0 aliphatic heterocycles. The number of rotatable bonds is 7. The Morgan fingerprint density at radius 1 is 1.17 bits per heavy atom. The molecule has 0 unspecified atom stereocenters. The van der Waals surface area contributed by atoms with Crippen LogP contribution in [0, 0.1) is 0 Å². The van der Waals surface area contributed by atoms with Gasteiger partial charge in [0.25, 0.3) is 0 Å². The van der Waals surface area contributed by atoms with Crippen LogP contribution in [0.25, 0.3) is 0 Å². The monoisotopic (exact) mass is 273 g/mol. The fourth-order valence-electron chi connectivity index (χ4n) is 1.58. The lowest BCUT2D eigenvalue weighted by Gasteiger charge is -2.18. The minimum atomic E-state index is -3.41. The Morgan fingerprint density at radius 3 is 2.17 bits per heavy atom. The molecule has 0 bridgehead atoms. The van der Waals surface area contributed by atoms with E-state index in [-0.39, 0.29) is 18.1 Å². The van der Waals surface area contributed by atoms with Crippen LogP contribution in [0.1, 0.15) is 13.8 Å². The molecule has 1 aromatic carbocycles. The zero-order chi connectivity index (χ0) is 13.6. The molecule has 1 N–H and O–H groups in total. The summed E-state index contributed by atoms with van der Waals surface area (Å²) in [4.78, 5) is 0.252. The number of aliphatic hydroxyl groups is 1. The average molecular weight is 273 g/mol. The molecule has 18 heavy (non-hydrogen) atoms. The first-order valence-corrected chi connectivity index (χ1v) is 7.34. The molecular weight excluding hydrogens is 254 g/mol. The number of nitrogens with zero attached hydrogens (tertiary/aromatic N) is 1. The minimum Gasteiger partial charge on any atom is -0.491 e. The lowest BCUT2D eigenvalue weighted by molar-refractivity contribution is 0.201. The molecule has 0 aromatic heterocycles. The molecule has 0 aliphatic carbocycles. The number of ether oxygens (including phenoxy) is 1. The normalized spacial score (nSPS) is 11.8. The molecule has 0 heterocycles. The molecule has 0 atom stereocenters. The number of aliphatic hydroxyl groups excluding tert-OH is 1. The van der Waals surface area contributed by atoms with Gasteiger partial charge in [0.1, 0.15) is 12.4 Å². The van der Waals surface area contributed by atoms with Gasteiger partial charge in [0.15, 0.2) is 0 Å². The van der Waals surface area contributed by atoms with E-state index in [0.29, 0.717) is 18.8 Å². The highest BCUT2D eigenvalue weighted by Gasteiger charge is 2.21. The Morgan fingerprint density at radius 2 is 1.72 bits per heavy atom. The number of sulfonamides is 1. The van der Waals surface area contributed by atoms with Crippen molar-refractivity contribution in [1.82, 2.24) is 4.31 Å². The lowest BCUT2D eigenvalue weighted by atomic mass is 10.3. The van der Waals surface area contributed by atoms with E-state index < -0.39 is 10.0 Å².